The minimum Gasteiger partial charge on any atom is -0.438 e. The molecule has 2 aromatic heterocycles. The van der Waals surface area contributed by atoms with Gasteiger partial charge in [-0.3, -0.25) is 4.79 Å². The van der Waals surface area contributed by atoms with Crippen LogP contribution in [0.15, 0.2) is 48.9 Å². The van der Waals surface area contributed by atoms with Crippen molar-refractivity contribution in [3.8, 4) is 11.6 Å². The van der Waals surface area contributed by atoms with Crippen LogP contribution < -0.4 is 10.1 Å². The average molecular weight is 320 g/mol. The fraction of sp³-hybridized carbons (Fsp3) is 0.167. The lowest BCUT2D eigenvalue weighted by molar-refractivity contribution is -0.116. The minimum atomic E-state index is -0.0887. The van der Waals surface area contributed by atoms with E-state index in [1.807, 2.05) is 30.3 Å². The molecule has 0 radical (unpaired) electrons. The highest BCUT2D eigenvalue weighted by Gasteiger charge is 2.22. The van der Waals surface area contributed by atoms with Crippen LogP contribution in [0.2, 0.25) is 0 Å². The molecule has 0 unspecified atom stereocenters. The zero-order valence-corrected chi connectivity index (χ0v) is 12.9. The summed E-state index contributed by atoms with van der Waals surface area (Å²) in [7, 11) is 0. The van der Waals surface area contributed by atoms with Crippen LogP contribution in [0.1, 0.15) is 18.4 Å². The number of carbonyl (C=O) groups is 1. The number of H-pyrrole nitrogens is 1. The lowest BCUT2D eigenvalue weighted by Crippen LogP contribution is -2.22. The molecule has 4 rings (SSSR count). The molecular weight excluding hydrogens is 304 g/mol. The molecule has 1 fully saturated rings. The first-order valence-corrected chi connectivity index (χ1v) is 7.83. The van der Waals surface area contributed by atoms with E-state index in [0.717, 1.165) is 23.8 Å². The standard InChI is InChI=1S/C18H16N4O2/c23-15(22-13-7-8-13)9-6-12-10-19-17-16(12)18(21-11-20-17)24-14-4-2-1-3-5-14/h1-6,9-11,13H,7-8H2,(H,22,23)(H,19,20,21). The molecule has 6 nitrogen and oxygen atoms in total. The van der Waals surface area contributed by atoms with Gasteiger partial charge in [0.25, 0.3) is 0 Å². The van der Waals surface area contributed by atoms with Gasteiger partial charge in [0, 0.05) is 23.9 Å². The molecule has 0 spiro atoms. The number of aromatic amines is 1. The first-order valence-electron chi connectivity index (χ1n) is 7.83. The van der Waals surface area contributed by atoms with Gasteiger partial charge < -0.3 is 15.0 Å². The smallest absolute Gasteiger partial charge is 0.244 e. The SMILES string of the molecule is O=C(C=Cc1c[nH]c2ncnc(Oc3ccccc3)c12)NC1CC1. The summed E-state index contributed by atoms with van der Waals surface area (Å²) in [5.74, 6) is 1.06. The Labute approximate surface area is 138 Å². The highest BCUT2D eigenvalue weighted by atomic mass is 16.5. The summed E-state index contributed by atoms with van der Waals surface area (Å²) >= 11 is 0. The lowest BCUT2D eigenvalue weighted by atomic mass is 10.2. The van der Waals surface area contributed by atoms with Crippen molar-refractivity contribution in [3.63, 3.8) is 0 Å². The Balaban J connectivity index is 1.63. The Kier molecular flexibility index (Phi) is 3.70. The van der Waals surface area contributed by atoms with E-state index >= 15 is 0 Å². The number of rotatable bonds is 5. The van der Waals surface area contributed by atoms with Crippen molar-refractivity contribution < 1.29 is 9.53 Å². The number of nitrogens with zero attached hydrogens (tertiary/aromatic N) is 2. The summed E-state index contributed by atoms with van der Waals surface area (Å²) in [4.78, 5) is 23.3. The Morgan fingerprint density at radius 3 is 2.88 bits per heavy atom. The molecule has 1 amide bonds. The van der Waals surface area contributed by atoms with Crippen molar-refractivity contribution in [2.75, 3.05) is 0 Å². The molecule has 6 heteroatoms. The first kappa shape index (κ1) is 14.4. The third-order valence-corrected chi connectivity index (χ3v) is 3.76. The van der Waals surface area contributed by atoms with Crippen LogP contribution in [-0.4, -0.2) is 26.9 Å². The highest BCUT2D eigenvalue weighted by molar-refractivity contribution is 5.97. The van der Waals surface area contributed by atoms with Crippen LogP contribution in [-0.2, 0) is 4.79 Å². The van der Waals surface area contributed by atoms with E-state index in [9.17, 15) is 4.79 Å². The number of hydrogen-bond donors (Lipinski definition) is 2. The van der Waals surface area contributed by atoms with Crippen molar-refractivity contribution in [3.05, 3.63) is 54.5 Å². The monoisotopic (exact) mass is 320 g/mol. The Morgan fingerprint density at radius 1 is 1.25 bits per heavy atom. The number of carbonyl (C=O) groups excluding carboxylic acids is 1. The number of aromatic nitrogens is 3. The molecule has 2 N–H and O–H groups in total. The molecule has 0 saturated heterocycles. The molecule has 1 aliphatic rings. The number of amides is 1. The molecule has 0 bridgehead atoms. The summed E-state index contributed by atoms with van der Waals surface area (Å²) in [5.41, 5.74) is 1.47. The van der Waals surface area contributed by atoms with E-state index in [1.165, 1.54) is 12.4 Å². The van der Waals surface area contributed by atoms with Crippen LogP contribution in [0.4, 0.5) is 0 Å². The fourth-order valence-electron chi connectivity index (χ4n) is 2.41. The second kappa shape index (κ2) is 6.16. The largest absolute Gasteiger partial charge is 0.438 e. The van der Waals surface area contributed by atoms with E-state index in [2.05, 4.69) is 20.3 Å². The van der Waals surface area contributed by atoms with Gasteiger partial charge in [-0.2, -0.15) is 0 Å². The van der Waals surface area contributed by atoms with Gasteiger partial charge in [-0.15, -0.1) is 0 Å². The van der Waals surface area contributed by atoms with E-state index < -0.39 is 0 Å². The maximum absolute atomic E-state index is 11.8. The van der Waals surface area contributed by atoms with Gasteiger partial charge in [-0.05, 0) is 31.1 Å². The second-order valence-corrected chi connectivity index (χ2v) is 5.68. The molecule has 3 aromatic rings. The zero-order valence-electron chi connectivity index (χ0n) is 12.9. The molecule has 120 valence electrons. The molecule has 1 aliphatic carbocycles. The summed E-state index contributed by atoms with van der Waals surface area (Å²) in [6, 6.07) is 9.77. The molecule has 24 heavy (non-hydrogen) atoms. The number of nitrogens with one attached hydrogen (secondary N) is 2. The predicted octanol–water partition coefficient (Wildman–Crippen LogP) is 3.04. The highest BCUT2D eigenvalue weighted by Crippen LogP contribution is 2.29. The molecular formula is C18H16N4O2. The van der Waals surface area contributed by atoms with Crippen LogP contribution in [0, 0.1) is 0 Å². The molecule has 0 aliphatic heterocycles. The fourth-order valence-corrected chi connectivity index (χ4v) is 2.41. The van der Waals surface area contributed by atoms with Crippen molar-refractivity contribution in [1.82, 2.24) is 20.3 Å². The van der Waals surface area contributed by atoms with Gasteiger partial charge in [0.15, 0.2) is 0 Å². The lowest BCUT2D eigenvalue weighted by Gasteiger charge is -2.05. The van der Waals surface area contributed by atoms with Gasteiger partial charge in [0.1, 0.15) is 17.7 Å². The molecule has 0 atom stereocenters. The van der Waals surface area contributed by atoms with E-state index in [-0.39, 0.29) is 5.91 Å². The third kappa shape index (κ3) is 3.12. The predicted molar refractivity (Wildman–Crippen MR) is 90.6 cm³/mol. The normalized spacial score (nSPS) is 14.2. The number of ether oxygens (including phenoxy) is 1. The topological polar surface area (TPSA) is 79.9 Å². The van der Waals surface area contributed by atoms with Gasteiger partial charge in [-0.25, -0.2) is 9.97 Å². The van der Waals surface area contributed by atoms with Gasteiger partial charge in [0.05, 0.1) is 5.39 Å². The summed E-state index contributed by atoms with van der Waals surface area (Å²) in [5, 5.41) is 3.67. The summed E-state index contributed by atoms with van der Waals surface area (Å²) in [6.07, 6.45) is 8.64. The summed E-state index contributed by atoms with van der Waals surface area (Å²) < 4.78 is 5.87. The second-order valence-electron chi connectivity index (χ2n) is 5.68. The van der Waals surface area contributed by atoms with Crippen LogP contribution in [0.5, 0.6) is 11.6 Å². The Hall–Kier alpha value is -3.15. The third-order valence-electron chi connectivity index (χ3n) is 3.76. The van der Waals surface area contributed by atoms with Crippen molar-refractivity contribution in [1.29, 1.82) is 0 Å². The van der Waals surface area contributed by atoms with Crippen molar-refractivity contribution in [2.24, 2.45) is 0 Å². The van der Waals surface area contributed by atoms with Crippen LogP contribution in [0.3, 0.4) is 0 Å². The average Bonchev–Trinajstić information content (AvgIpc) is 3.31. The summed E-state index contributed by atoms with van der Waals surface area (Å²) in [6.45, 7) is 0. The first-order chi connectivity index (χ1) is 11.8. The van der Waals surface area contributed by atoms with Crippen LogP contribution in [0.25, 0.3) is 17.1 Å². The number of benzene rings is 1. The van der Waals surface area contributed by atoms with Gasteiger partial charge >= 0.3 is 0 Å². The van der Waals surface area contributed by atoms with E-state index in [1.54, 1.807) is 12.3 Å². The van der Waals surface area contributed by atoms with Gasteiger partial charge in [0.2, 0.25) is 11.8 Å². The number of para-hydroxylation sites is 1. The maximum atomic E-state index is 11.8. The number of fused-ring (bicyclic) bond motifs is 1. The van der Waals surface area contributed by atoms with Crippen molar-refractivity contribution >= 4 is 23.0 Å². The number of hydrogen-bond acceptors (Lipinski definition) is 4. The molecule has 1 aromatic carbocycles. The van der Waals surface area contributed by atoms with E-state index in [0.29, 0.717) is 23.3 Å². The Morgan fingerprint density at radius 2 is 2.08 bits per heavy atom. The minimum absolute atomic E-state index is 0.0887. The van der Waals surface area contributed by atoms with Crippen LogP contribution >= 0.6 is 0 Å². The van der Waals surface area contributed by atoms with E-state index in [4.69, 9.17) is 4.74 Å². The molecule has 1 saturated carbocycles. The molecule has 2 heterocycles. The zero-order chi connectivity index (χ0) is 16.4. The quantitative estimate of drug-likeness (QED) is 0.708. The maximum Gasteiger partial charge on any atom is 0.244 e. The van der Waals surface area contributed by atoms with Crippen molar-refractivity contribution in [2.45, 2.75) is 18.9 Å². The van der Waals surface area contributed by atoms with Gasteiger partial charge in [-0.1, -0.05) is 18.2 Å². The Bertz CT molecular complexity index is 898.